The van der Waals surface area contributed by atoms with Crippen molar-refractivity contribution in [3.63, 3.8) is 0 Å². The number of hydrogen-bond donors (Lipinski definition) is 1. The largest absolute Gasteiger partial charge is 0.443 e. The van der Waals surface area contributed by atoms with E-state index in [2.05, 4.69) is 0 Å². The van der Waals surface area contributed by atoms with Crippen LogP contribution < -0.4 is 5.73 Å². The number of urea groups is 1. The van der Waals surface area contributed by atoms with Gasteiger partial charge in [-0.25, -0.2) is 14.5 Å². The van der Waals surface area contributed by atoms with Crippen molar-refractivity contribution >= 4 is 12.1 Å². The van der Waals surface area contributed by atoms with Crippen LogP contribution in [-0.4, -0.2) is 29.7 Å². The standard InChI is InChI=1S/C7H14N2O3/c1-7(2,3)12-6(11)9(4)5(8)10/h1-4H3,(H2,8,10). The van der Waals surface area contributed by atoms with Gasteiger partial charge in [0.1, 0.15) is 5.60 Å². The second kappa shape index (κ2) is 3.42. The number of ether oxygens (including phenoxy) is 1. The van der Waals surface area contributed by atoms with Crippen LogP contribution in [0.1, 0.15) is 20.8 Å². The highest BCUT2D eigenvalue weighted by Gasteiger charge is 2.21. The minimum absolute atomic E-state index is 0.610. The van der Waals surface area contributed by atoms with Gasteiger partial charge in [-0.1, -0.05) is 0 Å². The number of nitrogens with zero attached hydrogens (tertiary/aromatic N) is 1. The first-order valence-electron chi connectivity index (χ1n) is 3.50. The molecule has 0 unspecified atom stereocenters. The van der Waals surface area contributed by atoms with Crippen LogP contribution in [0.15, 0.2) is 0 Å². The number of hydrogen-bond acceptors (Lipinski definition) is 3. The maximum absolute atomic E-state index is 11.0. The first-order chi connectivity index (χ1) is 5.24. The van der Waals surface area contributed by atoms with E-state index in [4.69, 9.17) is 10.5 Å². The van der Waals surface area contributed by atoms with Gasteiger partial charge in [-0.3, -0.25) is 0 Å². The van der Waals surface area contributed by atoms with Crippen molar-refractivity contribution < 1.29 is 14.3 Å². The highest BCUT2D eigenvalue weighted by molar-refractivity contribution is 5.89. The molecule has 5 nitrogen and oxygen atoms in total. The fraction of sp³-hybridized carbons (Fsp3) is 0.714. The Bertz CT molecular complexity index is 195. The monoisotopic (exact) mass is 174 g/mol. The van der Waals surface area contributed by atoms with Crippen molar-refractivity contribution in [3.8, 4) is 0 Å². The average Bonchev–Trinajstić information content (AvgIpc) is 1.82. The van der Waals surface area contributed by atoms with Gasteiger partial charge in [-0.15, -0.1) is 0 Å². The minimum Gasteiger partial charge on any atom is -0.443 e. The number of primary amides is 1. The summed E-state index contributed by atoms with van der Waals surface area (Å²) in [5.74, 6) is 0. The maximum atomic E-state index is 11.0. The van der Waals surface area contributed by atoms with E-state index in [-0.39, 0.29) is 0 Å². The molecule has 0 radical (unpaired) electrons. The molecule has 0 aliphatic rings. The van der Waals surface area contributed by atoms with E-state index in [0.29, 0.717) is 4.90 Å². The summed E-state index contributed by atoms with van der Waals surface area (Å²) >= 11 is 0. The van der Waals surface area contributed by atoms with Crippen LogP contribution in [-0.2, 0) is 4.74 Å². The molecular formula is C7H14N2O3. The summed E-state index contributed by atoms with van der Waals surface area (Å²) in [5, 5.41) is 0. The van der Waals surface area contributed by atoms with Gasteiger partial charge in [0.25, 0.3) is 0 Å². The summed E-state index contributed by atoms with van der Waals surface area (Å²) in [6.07, 6.45) is -0.741. The van der Waals surface area contributed by atoms with Crippen molar-refractivity contribution in [1.29, 1.82) is 0 Å². The number of carbonyl (C=O) groups is 2. The molecule has 0 aromatic rings. The molecule has 0 fully saturated rings. The van der Waals surface area contributed by atoms with E-state index < -0.39 is 17.7 Å². The molecule has 0 aliphatic carbocycles. The molecule has 0 aliphatic heterocycles. The van der Waals surface area contributed by atoms with Crippen LogP contribution >= 0.6 is 0 Å². The molecule has 0 rings (SSSR count). The predicted molar refractivity (Wildman–Crippen MR) is 43.6 cm³/mol. The zero-order valence-corrected chi connectivity index (χ0v) is 7.75. The third-order valence-electron chi connectivity index (χ3n) is 0.998. The summed E-state index contributed by atoms with van der Waals surface area (Å²) in [6, 6.07) is -0.829. The Labute approximate surface area is 71.5 Å². The molecule has 70 valence electrons. The number of nitrogens with two attached hydrogens (primary N) is 1. The highest BCUT2D eigenvalue weighted by Crippen LogP contribution is 2.08. The van der Waals surface area contributed by atoms with Gasteiger partial charge in [-0.05, 0) is 20.8 Å². The van der Waals surface area contributed by atoms with E-state index in [1.54, 1.807) is 20.8 Å². The normalized spacial score (nSPS) is 10.7. The van der Waals surface area contributed by atoms with E-state index in [9.17, 15) is 9.59 Å². The number of imide groups is 1. The molecule has 0 atom stereocenters. The minimum atomic E-state index is -0.829. The zero-order chi connectivity index (χ0) is 9.94. The van der Waals surface area contributed by atoms with E-state index in [1.807, 2.05) is 0 Å². The van der Waals surface area contributed by atoms with Crippen LogP contribution in [0.4, 0.5) is 9.59 Å². The summed E-state index contributed by atoms with van der Waals surface area (Å²) < 4.78 is 4.85. The summed E-state index contributed by atoms with van der Waals surface area (Å²) in [4.78, 5) is 22.2. The SMILES string of the molecule is CN(C(N)=O)C(=O)OC(C)(C)C. The van der Waals surface area contributed by atoms with Gasteiger partial charge >= 0.3 is 12.1 Å². The lowest BCUT2D eigenvalue weighted by molar-refractivity contribution is 0.0366. The van der Waals surface area contributed by atoms with Crippen molar-refractivity contribution in [2.45, 2.75) is 26.4 Å². The molecule has 0 bridgehead atoms. The van der Waals surface area contributed by atoms with Crippen LogP contribution in [0.25, 0.3) is 0 Å². The van der Waals surface area contributed by atoms with Crippen LogP contribution in [0.5, 0.6) is 0 Å². The summed E-state index contributed by atoms with van der Waals surface area (Å²) in [7, 11) is 1.26. The quantitative estimate of drug-likeness (QED) is 0.593. The van der Waals surface area contributed by atoms with E-state index in [1.165, 1.54) is 7.05 Å². The van der Waals surface area contributed by atoms with Crippen LogP contribution in [0, 0.1) is 0 Å². The van der Waals surface area contributed by atoms with E-state index in [0.717, 1.165) is 0 Å². The van der Waals surface area contributed by atoms with Gasteiger partial charge in [-0.2, -0.15) is 0 Å². The Kier molecular flexibility index (Phi) is 3.06. The van der Waals surface area contributed by atoms with Gasteiger partial charge in [0.05, 0.1) is 0 Å². The van der Waals surface area contributed by atoms with Crippen LogP contribution in [0.2, 0.25) is 0 Å². The Morgan fingerprint density at radius 3 is 2.00 bits per heavy atom. The smallest absolute Gasteiger partial charge is 0.418 e. The van der Waals surface area contributed by atoms with Gasteiger partial charge < -0.3 is 10.5 Å². The van der Waals surface area contributed by atoms with Crippen LogP contribution in [0.3, 0.4) is 0 Å². The Hall–Kier alpha value is -1.26. The number of amides is 3. The summed E-state index contributed by atoms with van der Waals surface area (Å²) in [6.45, 7) is 5.12. The summed E-state index contributed by atoms with van der Waals surface area (Å²) in [5.41, 5.74) is 4.23. The molecule has 12 heavy (non-hydrogen) atoms. The Morgan fingerprint density at radius 1 is 1.33 bits per heavy atom. The van der Waals surface area contributed by atoms with Gasteiger partial charge in [0.15, 0.2) is 0 Å². The number of carbonyl (C=O) groups excluding carboxylic acids is 2. The topological polar surface area (TPSA) is 72.6 Å². The molecule has 5 heteroatoms. The maximum Gasteiger partial charge on any atom is 0.418 e. The molecule has 0 aromatic carbocycles. The lowest BCUT2D eigenvalue weighted by Crippen LogP contribution is -2.40. The molecule has 0 heterocycles. The Balaban J connectivity index is 4.15. The predicted octanol–water partition coefficient (Wildman–Crippen LogP) is 0.932. The fourth-order valence-corrected chi connectivity index (χ4v) is 0.420. The molecule has 2 N–H and O–H groups in total. The van der Waals surface area contributed by atoms with Gasteiger partial charge in [0, 0.05) is 7.05 Å². The first-order valence-corrected chi connectivity index (χ1v) is 3.50. The lowest BCUT2D eigenvalue weighted by Gasteiger charge is -2.22. The van der Waals surface area contributed by atoms with Gasteiger partial charge in [0.2, 0.25) is 0 Å². The third-order valence-corrected chi connectivity index (χ3v) is 0.998. The highest BCUT2D eigenvalue weighted by atomic mass is 16.6. The first kappa shape index (κ1) is 10.7. The lowest BCUT2D eigenvalue weighted by atomic mass is 10.2. The van der Waals surface area contributed by atoms with Crippen molar-refractivity contribution in [2.75, 3.05) is 7.05 Å². The molecule has 0 saturated heterocycles. The Morgan fingerprint density at radius 2 is 1.75 bits per heavy atom. The molecule has 3 amide bonds. The third kappa shape index (κ3) is 3.80. The number of rotatable bonds is 0. The van der Waals surface area contributed by atoms with E-state index >= 15 is 0 Å². The molecule has 0 saturated carbocycles. The average molecular weight is 174 g/mol. The van der Waals surface area contributed by atoms with Crippen molar-refractivity contribution in [2.24, 2.45) is 5.73 Å². The second-order valence-electron chi connectivity index (χ2n) is 3.38. The fourth-order valence-electron chi connectivity index (χ4n) is 0.420. The zero-order valence-electron chi connectivity index (χ0n) is 7.75. The van der Waals surface area contributed by atoms with Crippen molar-refractivity contribution in [3.05, 3.63) is 0 Å². The van der Waals surface area contributed by atoms with Crippen molar-refractivity contribution in [1.82, 2.24) is 4.90 Å². The molecular weight excluding hydrogens is 160 g/mol. The molecule has 0 spiro atoms. The molecule has 0 aromatic heterocycles. The second-order valence-corrected chi connectivity index (χ2v) is 3.38.